The number of nitrogens with zero attached hydrogens (tertiary/aromatic N) is 4. The lowest BCUT2D eigenvalue weighted by Gasteiger charge is -2.08. The molecule has 1 heterocycles. The van der Waals surface area contributed by atoms with Crippen LogP contribution < -0.4 is 5.73 Å². The maximum atomic E-state index is 13.8. The van der Waals surface area contributed by atoms with Gasteiger partial charge in [0.1, 0.15) is 11.6 Å². The number of hydrogen-bond acceptors (Lipinski definition) is 4. The molecule has 0 saturated heterocycles. The van der Waals surface area contributed by atoms with Crippen molar-refractivity contribution in [2.45, 2.75) is 26.8 Å². The Bertz CT molecular complexity index is 579. The van der Waals surface area contributed by atoms with Crippen molar-refractivity contribution in [1.82, 2.24) is 20.2 Å². The smallest absolute Gasteiger partial charge is 0.185 e. The molecule has 2 rings (SSSR count). The van der Waals surface area contributed by atoms with E-state index in [9.17, 15) is 8.78 Å². The Morgan fingerprint density at radius 2 is 2.00 bits per heavy atom. The van der Waals surface area contributed by atoms with Crippen LogP contribution >= 0.6 is 0 Å². The Morgan fingerprint density at radius 3 is 2.68 bits per heavy atom. The summed E-state index contributed by atoms with van der Waals surface area (Å²) in [6.45, 7) is 4.71. The van der Waals surface area contributed by atoms with Gasteiger partial charge < -0.3 is 5.73 Å². The summed E-state index contributed by atoms with van der Waals surface area (Å²) in [5.41, 5.74) is 5.42. The van der Waals surface area contributed by atoms with E-state index < -0.39 is 11.6 Å². The summed E-state index contributed by atoms with van der Waals surface area (Å²) >= 11 is 0. The number of nitrogens with two attached hydrogens (primary N) is 1. The predicted molar refractivity (Wildman–Crippen MR) is 67.0 cm³/mol. The molecular formula is C12H15F2N5. The van der Waals surface area contributed by atoms with Gasteiger partial charge in [-0.2, -0.15) is 0 Å². The van der Waals surface area contributed by atoms with Crippen molar-refractivity contribution in [1.29, 1.82) is 0 Å². The van der Waals surface area contributed by atoms with Crippen molar-refractivity contribution in [3.8, 4) is 11.4 Å². The molecule has 7 heteroatoms. The maximum absolute atomic E-state index is 13.8. The van der Waals surface area contributed by atoms with E-state index in [-0.39, 0.29) is 17.1 Å². The highest BCUT2D eigenvalue weighted by atomic mass is 19.1. The standard InChI is InChI=1S/C12H15F2N5/c1-7(2)3-4-19-12(16-17-18-19)8-5-11(15)10(14)6-9(8)13/h5-7H,3-4,15H2,1-2H3. The van der Waals surface area contributed by atoms with E-state index in [1.54, 1.807) is 0 Å². The average molecular weight is 267 g/mol. The second-order valence-corrected chi connectivity index (χ2v) is 4.76. The molecule has 19 heavy (non-hydrogen) atoms. The fourth-order valence-corrected chi connectivity index (χ4v) is 1.67. The highest BCUT2D eigenvalue weighted by Gasteiger charge is 2.16. The molecule has 0 amide bonds. The van der Waals surface area contributed by atoms with E-state index in [0.717, 1.165) is 12.5 Å². The maximum Gasteiger partial charge on any atom is 0.185 e. The van der Waals surface area contributed by atoms with Gasteiger partial charge in [0.25, 0.3) is 0 Å². The highest BCUT2D eigenvalue weighted by Crippen LogP contribution is 2.25. The predicted octanol–water partition coefficient (Wildman–Crippen LogP) is 2.25. The topological polar surface area (TPSA) is 69.6 Å². The fourth-order valence-electron chi connectivity index (χ4n) is 1.67. The van der Waals surface area contributed by atoms with Crippen molar-refractivity contribution < 1.29 is 8.78 Å². The summed E-state index contributed by atoms with van der Waals surface area (Å²) < 4.78 is 28.4. The van der Waals surface area contributed by atoms with Crippen molar-refractivity contribution in [2.75, 3.05) is 5.73 Å². The fraction of sp³-hybridized carbons (Fsp3) is 0.417. The Morgan fingerprint density at radius 1 is 1.26 bits per heavy atom. The number of anilines is 1. The molecule has 0 bridgehead atoms. The zero-order valence-corrected chi connectivity index (χ0v) is 10.8. The largest absolute Gasteiger partial charge is 0.396 e. The first-order valence-electron chi connectivity index (χ1n) is 6.00. The van der Waals surface area contributed by atoms with Crippen LogP contribution in [-0.4, -0.2) is 20.2 Å². The summed E-state index contributed by atoms with van der Waals surface area (Å²) in [5.74, 6) is -0.792. The number of aryl methyl sites for hydroxylation is 1. The molecule has 2 aromatic rings. The molecule has 2 N–H and O–H groups in total. The number of rotatable bonds is 4. The zero-order valence-electron chi connectivity index (χ0n) is 10.8. The molecule has 0 spiro atoms. The van der Waals surface area contributed by atoms with Gasteiger partial charge in [-0.15, -0.1) is 5.10 Å². The van der Waals surface area contributed by atoms with Gasteiger partial charge in [0.2, 0.25) is 0 Å². The third kappa shape index (κ3) is 2.86. The van der Waals surface area contributed by atoms with E-state index in [2.05, 4.69) is 29.4 Å². The molecule has 0 fully saturated rings. The van der Waals surface area contributed by atoms with Crippen LogP contribution in [0, 0.1) is 17.6 Å². The van der Waals surface area contributed by atoms with E-state index in [4.69, 9.17) is 5.73 Å². The Hall–Kier alpha value is -2.05. The molecular weight excluding hydrogens is 252 g/mol. The number of aromatic nitrogens is 4. The lowest BCUT2D eigenvalue weighted by molar-refractivity contribution is 0.480. The number of halogens is 2. The third-order valence-electron chi connectivity index (χ3n) is 2.78. The lowest BCUT2D eigenvalue weighted by Crippen LogP contribution is -2.07. The quantitative estimate of drug-likeness (QED) is 0.862. The molecule has 1 aromatic carbocycles. The third-order valence-corrected chi connectivity index (χ3v) is 2.78. The van der Waals surface area contributed by atoms with Crippen molar-refractivity contribution >= 4 is 5.69 Å². The first-order chi connectivity index (χ1) is 8.99. The number of nitrogen functional groups attached to an aromatic ring is 1. The van der Waals surface area contributed by atoms with Gasteiger partial charge in [0.05, 0.1) is 11.3 Å². The molecule has 0 aliphatic rings. The van der Waals surface area contributed by atoms with E-state index in [1.165, 1.54) is 10.7 Å². The van der Waals surface area contributed by atoms with Crippen LogP contribution in [0.1, 0.15) is 20.3 Å². The molecule has 0 radical (unpaired) electrons. The van der Waals surface area contributed by atoms with Gasteiger partial charge in [0, 0.05) is 12.6 Å². The summed E-state index contributed by atoms with van der Waals surface area (Å²) in [4.78, 5) is 0. The van der Waals surface area contributed by atoms with Crippen LogP contribution in [-0.2, 0) is 6.54 Å². The van der Waals surface area contributed by atoms with Crippen LogP contribution in [0.5, 0.6) is 0 Å². The minimum absolute atomic E-state index is 0.104. The SMILES string of the molecule is CC(C)CCn1nnnc1-c1cc(N)c(F)cc1F. The normalized spacial score (nSPS) is 11.2. The molecule has 0 unspecified atom stereocenters. The summed E-state index contributed by atoms with van der Waals surface area (Å²) in [6.07, 6.45) is 0.857. The molecule has 0 atom stereocenters. The monoisotopic (exact) mass is 267 g/mol. The Balaban J connectivity index is 2.37. The molecule has 0 aliphatic carbocycles. The minimum Gasteiger partial charge on any atom is -0.396 e. The van der Waals surface area contributed by atoms with Gasteiger partial charge in [0.15, 0.2) is 5.82 Å². The van der Waals surface area contributed by atoms with Crippen LogP contribution in [0.2, 0.25) is 0 Å². The Kier molecular flexibility index (Phi) is 3.73. The van der Waals surface area contributed by atoms with E-state index in [1.807, 2.05) is 0 Å². The Labute approximate surface area is 109 Å². The highest BCUT2D eigenvalue weighted by molar-refractivity contribution is 5.62. The van der Waals surface area contributed by atoms with Gasteiger partial charge in [-0.1, -0.05) is 13.8 Å². The molecule has 5 nitrogen and oxygen atoms in total. The summed E-state index contributed by atoms with van der Waals surface area (Å²) in [5, 5.41) is 11.1. The van der Waals surface area contributed by atoms with Gasteiger partial charge in [-0.25, -0.2) is 13.5 Å². The van der Waals surface area contributed by atoms with Crippen LogP contribution in [0.4, 0.5) is 14.5 Å². The van der Waals surface area contributed by atoms with Crippen LogP contribution in [0.15, 0.2) is 12.1 Å². The molecule has 0 saturated carbocycles. The van der Waals surface area contributed by atoms with Gasteiger partial charge >= 0.3 is 0 Å². The zero-order chi connectivity index (χ0) is 14.0. The minimum atomic E-state index is -0.789. The van der Waals surface area contributed by atoms with Crippen LogP contribution in [0.25, 0.3) is 11.4 Å². The summed E-state index contributed by atoms with van der Waals surface area (Å²) in [7, 11) is 0. The van der Waals surface area contributed by atoms with Crippen molar-refractivity contribution in [3.63, 3.8) is 0 Å². The molecule has 1 aromatic heterocycles. The first kappa shape index (κ1) is 13.4. The second-order valence-electron chi connectivity index (χ2n) is 4.76. The van der Waals surface area contributed by atoms with Crippen molar-refractivity contribution in [2.24, 2.45) is 5.92 Å². The van der Waals surface area contributed by atoms with E-state index in [0.29, 0.717) is 12.5 Å². The molecule has 0 aliphatic heterocycles. The van der Waals surface area contributed by atoms with Gasteiger partial charge in [-0.3, -0.25) is 0 Å². The lowest BCUT2D eigenvalue weighted by atomic mass is 10.1. The number of hydrogen-bond donors (Lipinski definition) is 1. The number of tetrazole rings is 1. The number of benzene rings is 1. The average Bonchev–Trinajstić information content (AvgIpc) is 2.79. The summed E-state index contributed by atoms with van der Waals surface area (Å²) in [6, 6.07) is 1.95. The first-order valence-corrected chi connectivity index (χ1v) is 6.00. The van der Waals surface area contributed by atoms with E-state index >= 15 is 0 Å². The van der Waals surface area contributed by atoms with Crippen LogP contribution in [0.3, 0.4) is 0 Å². The second kappa shape index (κ2) is 5.29. The molecule has 102 valence electrons. The van der Waals surface area contributed by atoms with Crippen molar-refractivity contribution in [3.05, 3.63) is 23.8 Å². The van der Waals surface area contributed by atoms with Gasteiger partial charge in [-0.05, 0) is 28.8 Å².